The maximum atomic E-state index is 8.58. The molecule has 0 bridgehead atoms. The minimum Gasteiger partial charge on any atom is -0.325 e. The Morgan fingerprint density at radius 3 is 2.27 bits per heavy atom. The molecule has 0 spiro atoms. The number of hydrogen-bond acceptors (Lipinski definition) is 2. The molecule has 0 aliphatic heterocycles. The fourth-order valence-corrected chi connectivity index (χ4v) is 1.13. The Morgan fingerprint density at radius 1 is 1.36 bits per heavy atom. The van der Waals surface area contributed by atoms with Crippen LogP contribution in [0, 0.1) is 0 Å². The molecule has 0 aromatic carbocycles. The van der Waals surface area contributed by atoms with Crippen molar-refractivity contribution in [3.05, 3.63) is 0 Å². The van der Waals surface area contributed by atoms with Gasteiger partial charge >= 0.3 is 6.72 Å². The molecular weight excluding hydrogens is 236 g/mol. The van der Waals surface area contributed by atoms with Crippen LogP contribution in [0.1, 0.15) is 26.2 Å². The van der Waals surface area contributed by atoms with Crippen LogP contribution in [0.25, 0.3) is 0 Å². The van der Waals surface area contributed by atoms with Crippen molar-refractivity contribution < 1.29 is 33.8 Å². The second kappa shape index (κ2) is 7.78. The van der Waals surface area contributed by atoms with E-state index in [9.17, 15) is 0 Å². The maximum Gasteiger partial charge on any atom is 0.321 e. The average Bonchev–Trinajstić information content (AvgIpc) is 1.78. The van der Waals surface area contributed by atoms with Crippen LogP contribution >= 0.6 is 6.72 Å². The topological polar surface area (TPSA) is 49.7 Å². The zero-order valence-electron chi connectivity index (χ0n) is 6.69. The third kappa shape index (κ3) is 14.1. The molecule has 0 aliphatic rings. The first kappa shape index (κ1) is 14.7. The van der Waals surface area contributed by atoms with Crippen molar-refractivity contribution in [1.29, 1.82) is 0 Å². The summed E-state index contributed by atoms with van der Waals surface area (Å²) in [6, 6.07) is 0. The summed E-state index contributed by atoms with van der Waals surface area (Å²) in [5, 5.41) is 0. The summed E-state index contributed by atoms with van der Waals surface area (Å²) in [7, 11) is 0. The van der Waals surface area contributed by atoms with Gasteiger partial charge in [0.05, 0.1) is 6.61 Å². The molecule has 64 valence electrons. The third-order valence-electron chi connectivity index (χ3n) is 1.01. The predicted octanol–water partition coefficient (Wildman–Crippen LogP) is 1.40. The maximum absolute atomic E-state index is 8.58. The molecule has 2 N–H and O–H groups in total. The third-order valence-corrected chi connectivity index (χ3v) is 1.84. The van der Waals surface area contributed by atoms with Gasteiger partial charge in [-0.25, -0.2) is 0 Å². The summed E-state index contributed by atoms with van der Waals surface area (Å²) in [5.74, 6) is 0. The Labute approximate surface area is 85.2 Å². The molecule has 0 atom stereocenters. The molecule has 0 saturated heterocycles. The van der Waals surface area contributed by atoms with Crippen LogP contribution < -0.4 is 0 Å². The summed E-state index contributed by atoms with van der Waals surface area (Å²) >= 11 is 4.23. The van der Waals surface area contributed by atoms with Crippen molar-refractivity contribution >= 4 is 18.5 Å². The summed E-state index contributed by atoms with van der Waals surface area (Å²) < 4.78 is 4.57. The number of unbranched alkanes of at least 4 members (excludes halogenated alkanes) is 2. The second-order valence-electron chi connectivity index (χ2n) is 2.03. The Bertz CT molecular complexity index is 127. The normalized spacial score (nSPS) is 10.8. The van der Waals surface area contributed by atoms with E-state index < -0.39 is 6.72 Å². The fraction of sp³-hybridized carbons (Fsp3) is 1.00. The smallest absolute Gasteiger partial charge is 0.321 e. The van der Waals surface area contributed by atoms with E-state index in [2.05, 4.69) is 23.3 Å². The van der Waals surface area contributed by atoms with Crippen LogP contribution in [0.4, 0.5) is 0 Å². The second-order valence-corrected chi connectivity index (χ2v) is 4.70. The van der Waals surface area contributed by atoms with Gasteiger partial charge in [-0.1, -0.05) is 19.8 Å². The molecule has 0 aliphatic carbocycles. The SMILES string of the molecule is CCCCCOP(O)(O)=S.[Zn]. The molecule has 0 amide bonds. The minimum atomic E-state index is -3.37. The van der Waals surface area contributed by atoms with E-state index in [4.69, 9.17) is 9.79 Å². The average molecular weight is 250 g/mol. The van der Waals surface area contributed by atoms with Crippen LogP contribution in [0.15, 0.2) is 0 Å². The molecule has 11 heavy (non-hydrogen) atoms. The predicted molar refractivity (Wildman–Crippen MR) is 44.2 cm³/mol. The van der Waals surface area contributed by atoms with E-state index >= 15 is 0 Å². The van der Waals surface area contributed by atoms with Crippen LogP contribution in [-0.4, -0.2) is 16.4 Å². The Balaban J connectivity index is 0. The van der Waals surface area contributed by atoms with E-state index in [1.165, 1.54) is 0 Å². The zero-order valence-corrected chi connectivity index (χ0v) is 11.4. The Hall–Kier alpha value is 1.15. The van der Waals surface area contributed by atoms with Crippen molar-refractivity contribution in [3.63, 3.8) is 0 Å². The first-order valence-corrected chi connectivity index (χ1v) is 5.89. The summed E-state index contributed by atoms with van der Waals surface area (Å²) in [5.41, 5.74) is 0. The van der Waals surface area contributed by atoms with Gasteiger partial charge in [0.25, 0.3) is 0 Å². The van der Waals surface area contributed by atoms with Crippen molar-refractivity contribution in [2.45, 2.75) is 26.2 Å². The standard InChI is InChI=1S/C5H13O3PS.Zn/c1-2-3-4-5-8-9(6,7)10;/h2-5H2,1H3,(H2,6,7,10);. The van der Waals surface area contributed by atoms with Crippen LogP contribution in [-0.2, 0) is 35.8 Å². The molecule has 0 aromatic rings. The van der Waals surface area contributed by atoms with E-state index in [0.29, 0.717) is 6.61 Å². The Morgan fingerprint density at radius 2 is 1.91 bits per heavy atom. The largest absolute Gasteiger partial charge is 0.325 e. The van der Waals surface area contributed by atoms with Gasteiger partial charge in [-0.05, 0) is 18.2 Å². The van der Waals surface area contributed by atoms with Gasteiger partial charge in [-0.3, -0.25) is 0 Å². The van der Waals surface area contributed by atoms with Gasteiger partial charge < -0.3 is 14.3 Å². The molecule has 6 heteroatoms. The molecule has 0 unspecified atom stereocenters. The van der Waals surface area contributed by atoms with E-state index in [1.807, 2.05) is 0 Å². The van der Waals surface area contributed by atoms with E-state index in [1.54, 1.807) is 0 Å². The quantitative estimate of drug-likeness (QED) is 0.439. The molecule has 3 nitrogen and oxygen atoms in total. The first-order chi connectivity index (χ1) is 4.56. The molecule has 0 radical (unpaired) electrons. The van der Waals surface area contributed by atoms with Crippen LogP contribution in [0.5, 0.6) is 0 Å². The molecular formula is C5H13O3PSZn. The number of hydrogen-bond donors (Lipinski definition) is 2. The molecule has 0 saturated carbocycles. The van der Waals surface area contributed by atoms with Crippen molar-refractivity contribution in [3.8, 4) is 0 Å². The summed E-state index contributed by atoms with van der Waals surface area (Å²) in [6.07, 6.45) is 2.97. The van der Waals surface area contributed by atoms with E-state index in [-0.39, 0.29) is 19.5 Å². The van der Waals surface area contributed by atoms with Crippen LogP contribution in [0.2, 0.25) is 0 Å². The van der Waals surface area contributed by atoms with Gasteiger partial charge in [-0.15, -0.1) is 0 Å². The number of rotatable bonds is 5. The van der Waals surface area contributed by atoms with Gasteiger partial charge in [0.2, 0.25) is 0 Å². The van der Waals surface area contributed by atoms with E-state index in [0.717, 1.165) is 19.3 Å². The fourth-order valence-electron chi connectivity index (χ4n) is 0.536. The summed E-state index contributed by atoms with van der Waals surface area (Å²) in [4.78, 5) is 17.2. The molecule has 0 rings (SSSR count). The zero-order chi connectivity index (χ0) is 8.04. The summed E-state index contributed by atoms with van der Waals surface area (Å²) in [6.45, 7) is -0.950. The van der Waals surface area contributed by atoms with Crippen molar-refractivity contribution in [2.75, 3.05) is 6.61 Å². The van der Waals surface area contributed by atoms with Gasteiger partial charge in [0.15, 0.2) is 0 Å². The molecule has 0 fully saturated rings. The Kier molecular flexibility index (Phi) is 10.4. The van der Waals surface area contributed by atoms with Gasteiger partial charge in [-0.2, -0.15) is 0 Å². The van der Waals surface area contributed by atoms with Gasteiger partial charge in [0, 0.05) is 19.5 Å². The minimum absolute atomic E-state index is 0. The van der Waals surface area contributed by atoms with Crippen molar-refractivity contribution in [2.24, 2.45) is 0 Å². The van der Waals surface area contributed by atoms with Crippen molar-refractivity contribution in [1.82, 2.24) is 0 Å². The molecule has 0 aromatic heterocycles. The van der Waals surface area contributed by atoms with Crippen LogP contribution in [0.3, 0.4) is 0 Å². The molecule has 0 heterocycles. The monoisotopic (exact) mass is 248 g/mol. The first-order valence-electron chi connectivity index (χ1n) is 3.26. The van der Waals surface area contributed by atoms with Gasteiger partial charge in [0.1, 0.15) is 0 Å².